The molecule has 0 radical (unpaired) electrons. The van der Waals surface area contributed by atoms with Crippen LogP contribution in [0.25, 0.3) is 0 Å². The van der Waals surface area contributed by atoms with E-state index in [1.54, 1.807) is 6.07 Å². The number of halogens is 3. The predicted molar refractivity (Wildman–Crippen MR) is 67.5 cm³/mol. The molecule has 110 valence electrons. The van der Waals surface area contributed by atoms with E-state index >= 15 is 0 Å². The lowest BCUT2D eigenvalue weighted by Crippen LogP contribution is -2.13. The van der Waals surface area contributed by atoms with Crippen LogP contribution in [0.4, 0.5) is 13.2 Å². The number of carboxylic acids is 1. The smallest absolute Gasteiger partial charge is 0.393 e. The number of alkyl halides is 3. The number of aromatic carboxylic acids is 1. The van der Waals surface area contributed by atoms with E-state index < -0.39 is 18.6 Å². The molecule has 0 spiro atoms. The number of carboxylic acid groups (broad SMARTS) is 1. The molecule has 0 amide bonds. The molecular weight excluding hydrogens is 287 g/mol. The highest BCUT2D eigenvalue weighted by atomic mass is 19.4. The average molecular weight is 297 g/mol. The van der Waals surface area contributed by atoms with Gasteiger partial charge >= 0.3 is 12.1 Å². The van der Waals surface area contributed by atoms with Gasteiger partial charge in [0.2, 0.25) is 0 Å². The van der Waals surface area contributed by atoms with E-state index in [4.69, 9.17) is 9.84 Å². The molecule has 0 aliphatic heterocycles. The molecular formula is C14H10F3NO3. The lowest BCUT2D eigenvalue weighted by Gasteiger charge is -2.13. The Kier molecular flexibility index (Phi) is 4.11. The van der Waals surface area contributed by atoms with E-state index in [0.717, 1.165) is 6.07 Å². The van der Waals surface area contributed by atoms with Crippen molar-refractivity contribution in [2.45, 2.75) is 12.6 Å². The van der Waals surface area contributed by atoms with Gasteiger partial charge < -0.3 is 9.84 Å². The number of aromatic nitrogens is 1. The van der Waals surface area contributed by atoms with Gasteiger partial charge in [0.1, 0.15) is 11.5 Å². The molecule has 1 heterocycles. The molecule has 4 nitrogen and oxygen atoms in total. The molecule has 0 unspecified atom stereocenters. The summed E-state index contributed by atoms with van der Waals surface area (Å²) in [7, 11) is 0. The Balaban J connectivity index is 2.37. The van der Waals surface area contributed by atoms with Crippen LogP contribution < -0.4 is 4.74 Å². The van der Waals surface area contributed by atoms with Crippen molar-refractivity contribution in [2.24, 2.45) is 0 Å². The van der Waals surface area contributed by atoms with E-state index in [0.29, 0.717) is 0 Å². The van der Waals surface area contributed by atoms with Crippen LogP contribution in [0.15, 0.2) is 42.7 Å². The second kappa shape index (κ2) is 5.82. The maximum Gasteiger partial charge on any atom is 0.393 e. The van der Waals surface area contributed by atoms with Crippen LogP contribution in [0.3, 0.4) is 0 Å². The summed E-state index contributed by atoms with van der Waals surface area (Å²) in [5, 5.41) is 8.86. The number of hydrogen-bond acceptors (Lipinski definition) is 3. The summed E-state index contributed by atoms with van der Waals surface area (Å²) >= 11 is 0. The Hall–Kier alpha value is -2.57. The summed E-state index contributed by atoms with van der Waals surface area (Å²) in [6.45, 7) is 0. The van der Waals surface area contributed by atoms with E-state index in [1.165, 1.54) is 30.6 Å². The molecule has 0 aliphatic rings. The Morgan fingerprint density at radius 2 is 2.05 bits per heavy atom. The molecule has 7 heteroatoms. The zero-order chi connectivity index (χ0) is 15.5. The van der Waals surface area contributed by atoms with Gasteiger partial charge in [-0.25, -0.2) is 4.79 Å². The summed E-state index contributed by atoms with van der Waals surface area (Å²) in [6, 6.07) is 6.47. The number of ether oxygens (including phenoxy) is 1. The van der Waals surface area contributed by atoms with E-state index in [9.17, 15) is 18.0 Å². The lowest BCUT2D eigenvalue weighted by molar-refractivity contribution is -0.127. The first-order valence-corrected chi connectivity index (χ1v) is 5.86. The zero-order valence-corrected chi connectivity index (χ0v) is 10.6. The number of benzene rings is 1. The SMILES string of the molecule is O=C(O)c1ccc(Oc2cccnc2)c(CC(F)(F)F)c1. The van der Waals surface area contributed by atoms with Crippen LogP contribution in [0, 0.1) is 0 Å². The molecule has 0 aliphatic carbocycles. The summed E-state index contributed by atoms with van der Waals surface area (Å²) in [5.41, 5.74) is -0.473. The van der Waals surface area contributed by atoms with Gasteiger partial charge in [0.25, 0.3) is 0 Å². The van der Waals surface area contributed by atoms with Gasteiger partial charge in [-0.1, -0.05) is 0 Å². The maximum atomic E-state index is 12.6. The normalized spacial score (nSPS) is 11.2. The molecule has 0 atom stereocenters. The second-order valence-electron chi connectivity index (χ2n) is 4.21. The quantitative estimate of drug-likeness (QED) is 0.935. The topological polar surface area (TPSA) is 59.4 Å². The van der Waals surface area contributed by atoms with Gasteiger partial charge in [-0.15, -0.1) is 0 Å². The summed E-state index contributed by atoms with van der Waals surface area (Å²) in [4.78, 5) is 14.6. The number of nitrogens with zero attached hydrogens (tertiary/aromatic N) is 1. The molecule has 0 bridgehead atoms. The molecule has 1 aromatic carbocycles. The molecule has 1 aromatic heterocycles. The van der Waals surface area contributed by atoms with Gasteiger partial charge in [0.15, 0.2) is 0 Å². The van der Waals surface area contributed by atoms with Crippen molar-refractivity contribution in [3.63, 3.8) is 0 Å². The molecule has 21 heavy (non-hydrogen) atoms. The van der Waals surface area contributed by atoms with Gasteiger partial charge in [-0.2, -0.15) is 13.2 Å². The second-order valence-corrected chi connectivity index (χ2v) is 4.21. The van der Waals surface area contributed by atoms with Gasteiger partial charge in [0.05, 0.1) is 18.2 Å². The predicted octanol–water partition coefficient (Wildman–Crippen LogP) is 3.68. The highest BCUT2D eigenvalue weighted by molar-refractivity contribution is 5.88. The average Bonchev–Trinajstić information content (AvgIpc) is 2.40. The Morgan fingerprint density at radius 1 is 1.29 bits per heavy atom. The Bertz CT molecular complexity index is 642. The monoisotopic (exact) mass is 297 g/mol. The summed E-state index contributed by atoms with van der Waals surface area (Å²) in [5.74, 6) is -1.08. The molecule has 0 fully saturated rings. The Labute approximate surface area is 117 Å². The fourth-order valence-corrected chi connectivity index (χ4v) is 1.70. The van der Waals surface area contributed by atoms with Gasteiger partial charge in [0, 0.05) is 11.8 Å². The molecule has 0 saturated carbocycles. The van der Waals surface area contributed by atoms with Crippen LogP contribution in [0.1, 0.15) is 15.9 Å². The van der Waals surface area contributed by atoms with Crippen molar-refractivity contribution in [2.75, 3.05) is 0 Å². The standard InChI is InChI=1S/C14H10F3NO3/c15-14(16,17)7-10-6-9(13(19)20)3-4-12(10)21-11-2-1-5-18-8-11/h1-6,8H,7H2,(H,19,20). The number of pyridine rings is 1. The van der Waals surface area contributed by atoms with Crippen molar-refractivity contribution < 1.29 is 27.8 Å². The van der Waals surface area contributed by atoms with Crippen molar-refractivity contribution in [1.29, 1.82) is 0 Å². The maximum absolute atomic E-state index is 12.6. The largest absolute Gasteiger partial charge is 0.478 e. The van der Waals surface area contributed by atoms with Crippen LogP contribution in [0.2, 0.25) is 0 Å². The minimum absolute atomic E-state index is 0.0506. The zero-order valence-electron chi connectivity index (χ0n) is 10.6. The Morgan fingerprint density at radius 3 is 2.62 bits per heavy atom. The van der Waals surface area contributed by atoms with Crippen LogP contribution in [0.5, 0.6) is 11.5 Å². The first-order valence-electron chi connectivity index (χ1n) is 5.86. The molecule has 1 N–H and O–H groups in total. The fourth-order valence-electron chi connectivity index (χ4n) is 1.70. The van der Waals surface area contributed by atoms with Gasteiger partial charge in [-0.05, 0) is 30.3 Å². The van der Waals surface area contributed by atoms with E-state index in [-0.39, 0.29) is 22.6 Å². The third kappa shape index (κ3) is 4.20. The van der Waals surface area contributed by atoms with E-state index in [1.807, 2.05) is 0 Å². The van der Waals surface area contributed by atoms with Crippen LogP contribution in [-0.4, -0.2) is 22.2 Å². The van der Waals surface area contributed by atoms with Crippen molar-refractivity contribution >= 4 is 5.97 Å². The first kappa shape index (κ1) is 14.8. The fraction of sp³-hybridized carbons (Fsp3) is 0.143. The van der Waals surface area contributed by atoms with E-state index in [2.05, 4.69) is 4.98 Å². The van der Waals surface area contributed by atoms with Crippen molar-refractivity contribution in [1.82, 2.24) is 4.98 Å². The highest BCUT2D eigenvalue weighted by Gasteiger charge is 2.30. The first-order chi connectivity index (χ1) is 9.85. The van der Waals surface area contributed by atoms with Gasteiger partial charge in [-0.3, -0.25) is 4.98 Å². The molecule has 2 rings (SSSR count). The number of hydrogen-bond donors (Lipinski definition) is 1. The molecule has 0 saturated heterocycles. The minimum atomic E-state index is -4.47. The van der Waals surface area contributed by atoms with Crippen LogP contribution in [-0.2, 0) is 6.42 Å². The number of carbonyl (C=O) groups is 1. The van der Waals surface area contributed by atoms with Crippen LogP contribution >= 0.6 is 0 Å². The van der Waals surface area contributed by atoms with Crippen molar-refractivity contribution in [3.8, 4) is 11.5 Å². The number of rotatable bonds is 4. The van der Waals surface area contributed by atoms with Crippen molar-refractivity contribution in [3.05, 3.63) is 53.9 Å². The highest BCUT2D eigenvalue weighted by Crippen LogP contribution is 2.31. The summed E-state index contributed by atoms with van der Waals surface area (Å²) < 4.78 is 43.1. The minimum Gasteiger partial charge on any atom is -0.478 e. The third-order valence-corrected chi connectivity index (χ3v) is 2.56. The third-order valence-electron chi connectivity index (χ3n) is 2.56. The molecule has 2 aromatic rings. The lowest BCUT2D eigenvalue weighted by atomic mass is 10.1. The summed E-state index contributed by atoms with van der Waals surface area (Å²) in [6.07, 6.45) is -2.90.